The van der Waals surface area contributed by atoms with Crippen molar-refractivity contribution in [1.82, 2.24) is 9.03 Å². The molecule has 0 amide bonds. The molecular formula is C13H18Cl2N6O5S2. The van der Waals surface area contributed by atoms with E-state index in [-0.39, 0.29) is 17.3 Å². The van der Waals surface area contributed by atoms with E-state index in [4.69, 9.17) is 33.8 Å². The molecule has 0 bridgehead atoms. The third-order valence-electron chi connectivity index (χ3n) is 2.98. The second-order valence-corrected chi connectivity index (χ2v) is 9.51. The zero-order chi connectivity index (χ0) is 21.5. The zero-order valence-corrected chi connectivity index (χ0v) is 18.1. The van der Waals surface area contributed by atoms with Gasteiger partial charge in [-0.15, -0.1) is 4.40 Å². The highest BCUT2D eigenvalue weighted by Gasteiger charge is 2.19. The molecule has 1 rings (SSSR count). The van der Waals surface area contributed by atoms with E-state index in [0.29, 0.717) is 16.9 Å². The second kappa shape index (κ2) is 10.1. The van der Waals surface area contributed by atoms with E-state index < -0.39 is 25.4 Å². The average molecular weight is 473 g/mol. The van der Waals surface area contributed by atoms with Gasteiger partial charge in [0, 0.05) is 24.7 Å². The van der Waals surface area contributed by atoms with Gasteiger partial charge in [-0.25, -0.2) is 18.1 Å². The zero-order valence-electron chi connectivity index (χ0n) is 15.0. The number of rotatable bonds is 8. The van der Waals surface area contributed by atoms with Gasteiger partial charge >= 0.3 is 10.2 Å². The summed E-state index contributed by atoms with van der Waals surface area (Å²) < 4.78 is 53.3. The molecule has 0 spiro atoms. The molecule has 1 aromatic rings. The Kier molecular flexibility index (Phi) is 8.78. The molecule has 156 valence electrons. The molecule has 0 aromatic heterocycles. The molecule has 0 heterocycles. The van der Waals surface area contributed by atoms with Gasteiger partial charge in [-0.05, 0) is 18.2 Å². The molecule has 15 heteroatoms. The molecular weight excluding hydrogens is 455 g/mol. The van der Waals surface area contributed by atoms with Crippen LogP contribution in [0.3, 0.4) is 0 Å². The SMILES string of the molecule is CO/N=C(\CNS(=O)(=O)C(N)=NC=NS(=O)(=O)N(C)C)c1ccc(Cl)cc1Cl. The van der Waals surface area contributed by atoms with Crippen molar-refractivity contribution < 1.29 is 21.7 Å². The van der Waals surface area contributed by atoms with Gasteiger partial charge in [-0.3, -0.25) is 0 Å². The first-order valence-corrected chi connectivity index (χ1v) is 10.9. The summed E-state index contributed by atoms with van der Waals surface area (Å²) in [7, 11) is -4.45. The Balaban J connectivity index is 2.99. The largest absolute Gasteiger partial charge is 0.399 e. The van der Waals surface area contributed by atoms with E-state index in [2.05, 4.69) is 19.3 Å². The van der Waals surface area contributed by atoms with Crippen LogP contribution in [0.2, 0.25) is 10.0 Å². The number of aliphatic imine (C=N–C) groups is 1. The van der Waals surface area contributed by atoms with Gasteiger partial charge in [-0.2, -0.15) is 12.7 Å². The molecule has 0 aliphatic rings. The Morgan fingerprint density at radius 3 is 2.46 bits per heavy atom. The number of benzene rings is 1. The van der Waals surface area contributed by atoms with Crippen molar-refractivity contribution in [2.24, 2.45) is 20.3 Å². The summed E-state index contributed by atoms with van der Waals surface area (Å²) in [6.07, 6.45) is 0.518. The topological polar surface area (TPSA) is 156 Å². The maximum atomic E-state index is 12.2. The summed E-state index contributed by atoms with van der Waals surface area (Å²) in [6, 6.07) is 4.53. The van der Waals surface area contributed by atoms with Gasteiger partial charge in [-0.1, -0.05) is 28.4 Å². The van der Waals surface area contributed by atoms with E-state index >= 15 is 0 Å². The Morgan fingerprint density at radius 1 is 1.29 bits per heavy atom. The van der Waals surface area contributed by atoms with Gasteiger partial charge in [0.05, 0.1) is 11.6 Å². The number of nitrogens with two attached hydrogens (primary N) is 1. The number of nitrogens with one attached hydrogen (secondary N) is 1. The average Bonchev–Trinajstić information content (AvgIpc) is 2.58. The third-order valence-corrected chi connectivity index (χ3v) is 5.99. The lowest BCUT2D eigenvalue weighted by atomic mass is 10.1. The summed E-state index contributed by atoms with van der Waals surface area (Å²) in [5.41, 5.74) is 5.91. The molecule has 0 fully saturated rings. The number of oxime groups is 1. The summed E-state index contributed by atoms with van der Waals surface area (Å²) in [5, 5.41) is 3.44. The normalized spacial score (nSPS) is 14.1. The minimum atomic E-state index is -4.27. The van der Waals surface area contributed by atoms with Gasteiger partial charge in [0.1, 0.15) is 19.2 Å². The fraction of sp³-hybridized carbons (Fsp3) is 0.308. The van der Waals surface area contributed by atoms with Gasteiger partial charge < -0.3 is 10.6 Å². The van der Waals surface area contributed by atoms with Gasteiger partial charge in [0.2, 0.25) is 5.17 Å². The first-order valence-electron chi connectivity index (χ1n) is 7.25. The molecule has 1 aromatic carbocycles. The highest BCUT2D eigenvalue weighted by atomic mass is 35.5. The smallest absolute Gasteiger partial charge is 0.323 e. The van der Waals surface area contributed by atoms with Gasteiger partial charge in [0.15, 0.2) is 0 Å². The monoisotopic (exact) mass is 472 g/mol. The van der Waals surface area contributed by atoms with Crippen molar-refractivity contribution in [2.45, 2.75) is 0 Å². The molecule has 0 aliphatic carbocycles. The van der Waals surface area contributed by atoms with Crippen molar-refractivity contribution in [3.8, 4) is 0 Å². The minimum Gasteiger partial charge on any atom is -0.399 e. The van der Waals surface area contributed by atoms with E-state index in [0.717, 1.165) is 4.31 Å². The number of hydrogen-bond acceptors (Lipinski definition) is 6. The molecule has 0 saturated heterocycles. The van der Waals surface area contributed by atoms with Crippen LogP contribution in [0.5, 0.6) is 0 Å². The predicted molar refractivity (Wildman–Crippen MR) is 110 cm³/mol. The van der Waals surface area contributed by atoms with E-state index in [1.807, 2.05) is 0 Å². The minimum absolute atomic E-state index is 0.143. The van der Waals surface area contributed by atoms with Crippen molar-refractivity contribution in [3.63, 3.8) is 0 Å². The highest BCUT2D eigenvalue weighted by Crippen LogP contribution is 2.21. The van der Waals surface area contributed by atoms with Crippen molar-refractivity contribution in [1.29, 1.82) is 0 Å². The van der Waals surface area contributed by atoms with Crippen LogP contribution in [0.25, 0.3) is 0 Å². The molecule has 0 aliphatic heterocycles. The fourth-order valence-electron chi connectivity index (χ4n) is 1.55. The number of sulfonamides is 1. The van der Waals surface area contributed by atoms with Crippen LogP contribution in [-0.4, -0.2) is 66.1 Å². The lowest BCUT2D eigenvalue weighted by molar-refractivity contribution is 0.213. The lowest BCUT2D eigenvalue weighted by Gasteiger charge is -2.10. The van der Waals surface area contributed by atoms with Crippen LogP contribution in [0.15, 0.2) is 32.7 Å². The lowest BCUT2D eigenvalue weighted by Crippen LogP contribution is -2.39. The van der Waals surface area contributed by atoms with E-state index in [1.54, 1.807) is 6.07 Å². The van der Waals surface area contributed by atoms with Crippen LogP contribution < -0.4 is 10.5 Å². The predicted octanol–water partition coefficient (Wildman–Crippen LogP) is 0.413. The summed E-state index contributed by atoms with van der Waals surface area (Å²) in [6.45, 7) is -0.346. The second-order valence-electron chi connectivity index (χ2n) is 5.12. The molecule has 3 N–H and O–H groups in total. The standard InChI is InChI=1S/C13H18Cl2N6O5S2/c1-21(2)28(24,25)19-8-17-13(16)27(22,23)18-7-12(20-26-3)10-5-4-9(14)6-11(10)15/h4-6,8,18H,7H2,1-3H3,(H2,16,17,19)/b20-12+. The first-order chi connectivity index (χ1) is 12.9. The van der Waals surface area contributed by atoms with Crippen LogP contribution in [0, 0.1) is 0 Å². The highest BCUT2D eigenvalue weighted by molar-refractivity contribution is 8.04. The van der Waals surface area contributed by atoms with Crippen LogP contribution >= 0.6 is 23.2 Å². The van der Waals surface area contributed by atoms with Crippen LogP contribution in [-0.2, 0) is 25.1 Å². The molecule has 11 nitrogen and oxygen atoms in total. The Hall–Kier alpha value is -1.77. The van der Waals surface area contributed by atoms with E-state index in [9.17, 15) is 16.8 Å². The van der Waals surface area contributed by atoms with Gasteiger partial charge in [0.25, 0.3) is 10.0 Å². The van der Waals surface area contributed by atoms with E-state index in [1.165, 1.54) is 33.3 Å². The Morgan fingerprint density at radius 2 is 1.93 bits per heavy atom. The summed E-state index contributed by atoms with van der Waals surface area (Å²) in [5.74, 6) is 0. The number of halogens is 2. The van der Waals surface area contributed by atoms with Crippen molar-refractivity contribution in [2.75, 3.05) is 27.7 Å². The molecule has 28 heavy (non-hydrogen) atoms. The van der Waals surface area contributed by atoms with Crippen LogP contribution in [0.4, 0.5) is 0 Å². The Bertz CT molecular complexity index is 1010. The number of hydrogen-bond donors (Lipinski definition) is 2. The molecule has 0 saturated carbocycles. The van der Waals surface area contributed by atoms with Crippen molar-refractivity contribution >= 4 is 60.7 Å². The Labute approximate surface area is 173 Å². The summed E-state index contributed by atoms with van der Waals surface area (Å²) in [4.78, 5) is 8.02. The maximum Gasteiger partial charge on any atom is 0.323 e. The molecule has 0 unspecified atom stereocenters. The van der Waals surface area contributed by atoms with Crippen molar-refractivity contribution in [3.05, 3.63) is 33.8 Å². The van der Waals surface area contributed by atoms with Crippen LogP contribution in [0.1, 0.15) is 5.56 Å². The third kappa shape index (κ3) is 7.00. The molecule has 0 radical (unpaired) electrons. The quantitative estimate of drug-likeness (QED) is 0.317. The number of nitrogens with zero attached hydrogens (tertiary/aromatic N) is 4. The maximum absolute atomic E-state index is 12.2. The number of amidine groups is 1. The first kappa shape index (κ1) is 24.3. The summed E-state index contributed by atoms with van der Waals surface area (Å²) >= 11 is 11.9. The molecule has 0 atom stereocenters. The fourth-order valence-corrected chi connectivity index (χ4v) is 3.08.